The Labute approximate surface area is 131 Å². The third-order valence-electron chi connectivity index (χ3n) is 2.96. The summed E-state index contributed by atoms with van der Waals surface area (Å²) in [5.41, 5.74) is 2.01. The third kappa shape index (κ3) is 6.47. The molecule has 0 unspecified atom stereocenters. The summed E-state index contributed by atoms with van der Waals surface area (Å²) in [6, 6.07) is 7.43. The van der Waals surface area contributed by atoms with Gasteiger partial charge in [0.2, 0.25) is 0 Å². The van der Waals surface area contributed by atoms with E-state index in [0.717, 1.165) is 5.69 Å². The fourth-order valence-electron chi connectivity index (χ4n) is 1.75. The minimum absolute atomic E-state index is 0.0829. The molecule has 1 aromatic carbocycles. The molecule has 0 saturated heterocycles. The molecule has 3 N–H and O–H groups in total. The number of carbonyl (C=O) groups excluding carboxylic acids is 2. The molecule has 0 aliphatic heterocycles. The van der Waals surface area contributed by atoms with E-state index in [4.69, 9.17) is 4.74 Å². The zero-order chi connectivity index (χ0) is 16.6. The lowest BCUT2D eigenvalue weighted by molar-refractivity contribution is 0.152. The van der Waals surface area contributed by atoms with Crippen molar-refractivity contribution >= 4 is 17.8 Å². The Morgan fingerprint density at radius 3 is 2.18 bits per heavy atom. The number of urea groups is 1. The molecule has 0 bridgehead atoms. The fourth-order valence-corrected chi connectivity index (χ4v) is 1.75. The predicted octanol–water partition coefficient (Wildman–Crippen LogP) is 2.85. The van der Waals surface area contributed by atoms with Gasteiger partial charge in [-0.2, -0.15) is 0 Å². The molecule has 6 heteroatoms. The highest BCUT2D eigenvalue weighted by molar-refractivity contribution is 5.89. The second-order valence-electron chi connectivity index (χ2n) is 5.86. The standard InChI is InChI=1S/C16H25N3O3/c1-5-22-15(21)18-11-10-17-14(20)19-13-8-6-12(7-9-13)16(2,3)4/h6-9H,5,10-11H2,1-4H3,(H,18,21)(H2,17,19,20). The van der Waals surface area contributed by atoms with Crippen molar-refractivity contribution in [1.82, 2.24) is 10.6 Å². The summed E-state index contributed by atoms with van der Waals surface area (Å²) in [5, 5.41) is 7.92. The summed E-state index contributed by atoms with van der Waals surface area (Å²) < 4.78 is 4.70. The van der Waals surface area contributed by atoms with Gasteiger partial charge in [-0.25, -0.2) is 9.59 Å². The number of hydrogen-bond acceptors (Lipinski definition) is 3. The van der Waals surface area contributed by atoms with Crippen LogP contribution in [0, 0.1) is 0 Å². The lowest BCUT2D eigenvalue weighted by atomic mass is 9.87. The van der Waals surface area contributed by atoms with Crippen LogP contribution in [0.15, 0.2) is 24.3 Å². The molecule has 0 aromatic heterocycles. The smallest absolute Gasteiger partial charge is 0.407 e. The quantitative estimate of drug-likeness (QED) is 0.732. The van der Waals surface area contributed by atoms with Crippen LogP contribution in [0.4, 0.5) is 15.3 Å². The van der Waals surface area contributed by atoms with Crippen LogP contribution < -0.4 is 16.0 Å². The minimum Gasteiger partial charge on any atom is -0.450 e. The predicted molar refractivity (Wildman–Crippen MR) is 87.2 cm³/mol. The molecule has 0 radical (unpaired) electrons. The molecule has 6 nitrogen and oxygen atoms in total. The van der Waals surface area contributed by atoms with Gasteiger partial charge in [-0.15, -0.1) is 0 Å². The van der Waals surface area contributed by atoms with Gasteiger partial charge < -0.3 is 20.7 Å². The van der Waals surface area contributed by atoms with Crippen LogP contribution in [-0.2, 0) is 10.2 Å². The van der Waals surface area contributed by atoms with E-state index in [9.17, 15) is 9.59 Å². The van der Waals surface area contributed by atoms with E-state index in [1.165, 1.54) is 5.56 Å². The Morgan fingerprint density at radius 1 is 1.05 bits per heavy atom. The van der Waals surface area contributed by atoms with E-state index >= 15 is 0 Å². The van der Waals surface area contributed by atoms with Gasteiger partial charge in [0.25, 0.3) is 0 Å². The van der Waals surface area contributed by atoms with E-state index < -0.39 is 6.09 Å². The first-order chi connectivity index (χ1) is 10.3. The molecule has 1 aromatic rings. The van der Waals surface area contributed by atoms with Crippen molar-refractivity contribution in [2.45, 2.75) is 33.1 Å². The van der Waals surface area contributed by atoms with E-state index in [-0.39, 0.29) is 11.4 Å². The van der Waals surface area contributed by atoms with Gasteiger partial charge in [0, 0.05) is 18.8 Å². The summed E-state index contributed by atoms with van der Waals surface area (Å²) in [6.45, 7) is 9.11. The molecular formula is C16H25N3O3. The number of hydrogen-bond donors (Lipinski definition) is 3. The van der Waals surface area contributed by atoms with E-state index in [1.807, 2.05) is 24.3 Å². The fraction of sp³-hybridized carbons (Fsp3) is 0.500. The van der Waals surface area contributed by atoms with Gasteiger partial charge in [-0.3, -0.25) is 0 Å². The second kappa shape index (κ2) is 8.26. The van der Waals surface area contributed by atoms with Crippen LogP contribution in [0.3, 0.4) is 0 Å². The maximum Gasteiger partial charge on any atom is 0.407 e. The molecule has 0 saturated carbocycles. The summed E-state index contributed by atoms with van der Waals surface area (Å²) in [4.78, 5) is 22.7. The highest BCUT2D eigenvalue weighted by Crippen LogP contribution is 2.23. The van der Waals surface area contributed by atoms with Crippen molar-refractivity contribution in [3.63, 3.8) is 0 Å². The molecule has 0 atom stereocenters. The Bertz CT molecular complexity index is 492. The lowest BCUT2D eigenvalue weighted by Crippen LogP contribution is -2.37. The number of ether oxygens (including phenoxy) is 1. The van der Waals surface area contributed by atoms with E-state index in [2.05, 4.69) is 36.7 Å². The van der Waals surface area contributed by atoms with Gasteiger partial charge >= 0.3 is 12.1 Å². The first kappa shape index (κ1) is 17.8. The molecule has 0 fully saturated rings. The monoisotopic (exact) mass is 307 g/mol. The second-order valence-corrected chi connectivity index (χ2v) is 5.86. The number of carbonyl (C=O) groups is 2. The minimum atomic E-state index is -0.484. The Morgan fingerprint density at radius 2 is 1.64 bits per heavy atom. The van der Waals surface area contributed by atoms with Crippen LogP contribution in [0.25, 0.3) is 0 Å². The average molecular weight is 307 g/mol. The number of rotatable bonds is 5. The van der Waals surface area contributed by atoms with E-state index in [0.29, 0.717) is 19.7 Å². The number of nitrogens with one attached hydrogen (secondary N) is 3. The SMILES string of the molecule is CCOC(=O)NCCNC(=O)Nc1ccc(C(C)(C)C)cc1. The Hall–Kier alpha value is -2.24. The normalized spacial score (nSPS) is 10.7. The van der Waals surface area contributed by atoms with Crippen molar-refractivity contribution in [2.75, 3.05) is 25.0 Å². The number of benzene rings is 1. The maximum atomic E-state index is 11.7. The first-order valence-corrected chi connectivity index (χ1v) is 7.39. The van der Waals surface area contributed by atoms with Crippen LogP contribution in [0.2, 0.25) is 0 Å². The van der Waals surface area contributed by atoms with Crippen molar-refractivity contribution in [3.8, 4) is 0 Å². The van der Waals surface area contributed by atoms with Crippen LogP contribution >= 0.6 is 0 Å². The average Bonchev–Trinajstić information content (AvgIpc) is 2.43. The summed E-state index contributed by atoms with van der Waals surface area (Å²) in [5.74, 6) is 0. The van der Waals surface area contributed by atoms with Crippen molar-refractivity contribution in [2.24, 2.45) is 0 Å². The summed E-state index contributed by atoms with van der Waals surface area (Å²) in [7, 11) is 0. The molecule has 0 heterocycles. The third-order valence-corrected chi connectivity index (χ3v) is 2.96. The molecule has 0 spiro atoms. The zero-order valence-corrected chi connectivity index (χ0v) is 13.7. The van der Waals surface area contributed by atoms with Crippen LogP contribution in [0.5, 0.6) is 0 Å². The van der Waals surface area contributed by atoms with E-state index in [1.54, 1.807) is 6.92 Å². The molecule has 3 amide bonds. The highest BCUT2D eigenvalue weighted by atomic mass is 16.5. The van der Waals surface area contributed by atoms with Crippen molar-refractivity contribution in [1.29, 1.82) is 0 Å². The molecule has 22 heavy (non-hydrogen) atoms. The van der Waals surface area contributed by atoms with Gasteiger partial charge in [0.05, 0.1) is 6.61 Å². The Kier molecular flexibility index (Phi) is 6.69. The molecule has 0 aliphatic rings. The largest absolute Gasteiger partial charge is 0.450 e. The highest BCUT2D eigenvalue weighted by Gasteiger charge is 2.13. The summed E-state index contributed by atoms with van der Waals surface area (Å²) >= 11 is 0. The number of anilines is 1. The van der Waals surface area contributed by atoms with Crippen LogP contribution in [0.1, 0.15) is 33.3 Å². The van der Waals surface area contributed by atoms with Crippen molar-refractivity contribution in [3.05, 3.63) is 29.8 Å². The topological polar surface area (TPSA) is 79.5 Å². The van der Waals surface area contributed by atoms with Crippen molar-refractivity contribution < 1.29 is 14.3 Å². The van der Waals surface area contributed by atoms with Gasteiger partial charge in [-0.05, 0) is 30.0 Å². The molecule has 0 aliphatic carbocycles. The first-order valence-electron chi connectivity index (χ1n) is 7.39. The maximum absolute atomic E-state index is 11.7. The molecule has 122 valence electrons. The number of alkyl carbamates (subject to hydrolysis) is 1. The number of amides is 3. The van der Waals surface area contributed by atoms with Gasteiger partial charge in [0.1, 0.15) is 0 Å². The van der Waals surface area contributed by atoms with Gasteiger partial charge in [0.15, 0.2) is 0 Å². The summed E-state index contributed by atoms with van der Waals surface area (Å²) in [6.07, 6.45) is -0.484. The Balaban J connectivity index is 2.32. The van der Waals surface area contributed by atoms with Gasteiger partial charge in [-0.1, -0.05) is 32.9 Å². The molecular weight excluding hydrogens is 282 g/mol. The molecule has 1 rings (SSSR count). The zero-order valence-electron chi connectivity index (χ0n) is 13.7. The van der Waals surface area contributed by atoms with Crippen LogP contribution in [-0.4, -0.2) is 31.8 Å². The lowest BCUT2D eigenvalue weighted by Gasteiger charge is -2.19.